The molecule has 0 atom stereocenters. The molecule has 2 aromatic rings. The predicted molar refractivity (Wildman–Crippen MR) is 88.2 cm³/mol. The van der Waals surface area contributed by atoms with Gasteiger partial charge >= 0.3 is 0 Å². The molecule has 2 aromatic carbocycles. The highest BCUT2D eigenvalue weighted by Crippen LogP contribution is 2.11. The van der Waals surface area contributed by atoms with E-state index < -0.39 is 5.91 Å². The van der Waals surface area contributed by atoms with Gasteiger partial charge in [0.25, 0.3) is 5.91 Å². The number of halogens is 2. The van der Waals surface area contributed by atoms with Crippen LogP contribution in [-0.2, 0) is 4.79 Å². The summed E-state index contributed by atoms with van der Waals surface area (Å²) in [4.78, 5) is 23.4. The maximum atomic E-state index is 12.7. The van der Waals surface area contributed by atoms with E-state index in [2.05, 4.69) is 10.9 Å². The summed E-state index contributed by atoms with van der Waals surface area (Å²) >= 11 is 5.79. The third-order valence-electron chi connectivity index (χ3n) is 3.03. The number of ether oxygens (including phenoxy) is 1. The number of nitrogens with one attached hydrogen (secondary N) is 2. The van der Waals surface area contributed by atoms with Crippen molar-refractivity contribution in [3.05, 3.63) is 64.9 Å². The molecule has 126 valence electrons. The van der Waals surface area contributed by atoms with Gasteiger partial charge in [-0.3, -0.25) is 20.4 Å². The molecule has 0 radical (unpaired) electrons. The van der Waals surface area contributed by atoms with Crippen LogP contribution >= 0.6 is 11.6 Å². The molecule has 7 heteroatoms. The van der Waals surface area contributed by atoms with Gasteiger partial charge in [-0.15, -0.1) is 0 Å². The first kappa shape index (κ1) is 17.7. The SMILES string of the molecule is O=C(CCCOc1ccc(F)cc1)NNC(=O)c1cccc(Cl)c1. The molecule has 0 saturated carbocycles. The van der Waals surface area contributed by atoms with E-state index in [-0.39, 0.29) is 18.1 Å². The zero-order chi connectivity index (χ0) is 17.4. The Morgan fingerprint density at radius 2 is 1.83 bits per heavy atom. The van der Waals surface area contributed by atoms with Crippen molar-refractivity contribution in [2.45, 2.75) is 12.8 Å². The van der Waals surface area contributed by atoms with Gasteiger partial charge in [0.15, 0.2) is 0 Å². The van der Waals surface area contributed by atoms with Crippen LogP contribution in [0.5, 0.6) is 5.75 Å². The number of hydrogen-bond acceptors (Lipinski definition) is 3. The van der Waals surface area contributed by atoms with Crippen molar-refractivity contribution in [3.8, 4) is 5.75 Å². The summed E-state index contributed by atoms with van der Waals surface area (Å²) in [6, 6.07) is 12.0. The predicted octanol–water partition coefficient (Wildman–Crippen LogP) is 3.10. The van der Waals surface area contributed by atoms with Gasteiger partial charge in [-0.2, -0.15) is 0 Å². The minimum absolute atomic E-state index is 0.178. The second-order valence-corrected chi connectivity index (χ2v) is 5.36. The Bertz CT molecular complexity index is 707. The number of hydrazine groups is 1. The molecule has 2 amide bonds. The second kappa shape index (κ2) is 8.88. The van der Waals surface area contributed by atoms with E-state index in [9.17, 15) is 14.0 Å². The van der Waals surface area contributed by atoms with Crippen molar-refractivity contribution in [1.29, 1.82) is 0 Å². The normalized spacial score (nSPS) is 10.1. The van der Waals surface area contributed by atoms with Crippen LogP contribution in [0.15, 0.2) is 48.5 Å². The highest BCUT2D eigenvalue weighted by molar-refractivity contribution is 6.30. The molecule has 2 N–H and O–H groups in total. The van der Waals surface area contributed by atoms with E-state index in [0.717, 1.165) is 0 Å². The minimum Gasteiger partial charge on any atom is -0.494 e. The first-order valence-electron chi connectivity index (χ1n) is 7.28. The summed E-state index contributed by atoms with van der Waals surface area (Å²) in [5, 5.41) is 0.437. The molecule has 0 heterocycles. The number of benzene rings is 2. The summed E-state index contributed by atoms with van der Waals surface area (Å²) in [5.74, 6) is -0.593. The standard InChI is InChI=1S/C17H16ClFN2O3/c18-13-4-1-3-12(11-13)17(23)21-20-16(22)5-2-10-24-15-8-6-14(19)7-9-15/h1,3-4,6-9,11H,2,5,10H2,(H,20,22)(H,21,23). The average molecular weight is 351 g/mol. The first-order chi connectivity index (χ1) is 11.5. The first-order valence-corrected chi connectivity index (χ1v) is 7.65. The molecule has 0 spiro atoms. The Kier molecular flexibility index (Phi) is 6.57. The van der Waals surface area contributed by atoms with Crippen LogP contribution < -0.4 is 15.6 Å². The fraction of sp³-hybridized carbons (Fsp3) is 0.176. The average Bonchev–Trinajstić information content (AvgIpc) is 2.58. The van der Waals surface area contributed by atoms with Crippen molar-refractivity contribution in [2.24, 2.45) is 0 Å². The lowest BCUT2D eigenvalue weighted by molar-refractivity contribution is -0.122. The Hall–Kier alpha value is -2.60. The molecule has 0 aliphatic rings. The molecule has 0 aliphatic carbocycles. The summed E-state index contributed by atoms with van der Waals surface area (Å²) < 4.78 is 18.1. The highest BCUT2D eigenvalue weighted by Gasteiger charge is 2.07. The van der Waals surface area contributed by atoms with Gasteiger partial charge in [0.2, 0.25) is 5.91 Å². The fourth-order valence-corrected chi connectivity index (χ4v) is 2.03. The number of carbonyl (C=O) groups excluding carboxylic acids is 2. The smallest absolute Gasteiger partial charge is 0.269 e. The summed E-state index contributed by atoms with van der Waals surface area (Å²) in [7, 11) is 0. The van der Waals surface area contributed by atoms with Gasteiger partial charge in [0.05, 0.1) is 6.61 Å². The second-order valence-electron chi connectivity index (χ2n) is 4.92. The monoisotopic (exact) mass is 350 g/mol. The Morgan fingerprint density at radius 1 is 1.08 bits per heavy atom. The lowest BCUT2D eigenvalue weighted by atomic mass is 10.2. The number of amides is 2. The maximum Gasteiger partial charge on any atom is 0.269 e. The van der Waals surface area contributed by atoms with Gasteiger partial charge in [0.1, 0.15) is 11.6 Å². The fourth-order valence-electron chi connectivity index (χ4n) is 1.84. The van der Waals surface area contributed by atoms with Gasteiger partial charge in [-0.1, -0.05) is 17.7 Å². The van der Waals surface area contributed by atoms with Crippen molar-refractivity contribution in [1.82, 2.24) is 10.9 Å². The van der Waals surface area contributed by atoms with Crippen LogP contribution in [0.1, 0.15) is 23.2 Å². The molecule has 0 aliphatic heterocycles. The van der Waals surface area contributed by atoms with E-state index in [1.54, 1.807) is 18.2 Å². The van der Waals surface area contributed by atoms with Crippen LogP contribution in [0, 0.1) is 5.82 Å². The van der Waals surface area contributed by atoms with E-state index in [0.29, 0.717) is 29.4 Å². The molecule has 5 nitrogen and oxygen atoms in total. The van der Waals surface area contributed by atoms with Gasteiger partial charge in [-0.05, 0) is 48.9 Å². The largest absolute Gasteiger partial charge is 0.494 e. The summed E-state index contributed by atoms with van der Waals surface area (Å²) in [5.41, 5.74) is 4.98. The Balaban J connectivity index is 1.64. The summed E-state index contributed by atoms with van der Waals surface area (Å²) in [6.45, 7) is 0.307. The molecule has 0 bridgehead atoms. The Labute approximate surface area is 143 Å². The molecule has 0 saturated heterocycles. The zero-order valence-electron chi connectivity index (χ0n) is 12.7. The van der Waals surface area contributed by atoms with Crippen molar-refractivity contribution in [2.75, 3.05) is 6.61 Å². The molecule has 0 unspecified atom stereocenters. The molecular weight excluding hydrogens is 335 g/mol. The van der Waals surface area contributed by atoms with Crippen LogP contribution in [0.25, 0.3) is 0 Å². The van der Waals surface area contributed by atoms with Gasteiger partial charge < -0.3 is 4.74 Å². The van der Waals surface area contributed by atoms with E-state index >= 15 is 0 Å². The number of carbonyl (C=O) groups is 2. The van der Waals surface area contributed by atoms with E-state index in [1.807, 2.05) is 0 Å². The number of hydrogen-bond donors (Lipinski definition) is 2. The van der Waals surface area contributed by atoms with Crippen molar-refractivity contribution >= 4 is 23.4 Å². The van der Waals surface area contributed by atoms with Crippen LogP contribution in [0.3, 0.4) is 0 Å². The van der Waals surface area contributed by atoms with Crippen LogP contribution in [0.2, 0.25) is 5.02 Å². The molecule has 2 rings (SSSR count). The van der Waals surface area contributed by atoms with Crippen LogP contribution in [0.4, 0.5) is 4.39 Å². The van der Waals surface area contributed by atoms with Crippen molar-refractivity contribution < 1.29 is 18.7 Å². The minimum atomic E-state index is -0.451. The highest BCUT2D eigenvalue weighted by atomic mass is 35.5. The summed E-state index contributed by atoms with van der Waals surface area (Å²) in [6.07, 6.45) is 0.632. The molecule has 0 fully saturated rings. The maximum absolute atomic E-state index is 12.7. The van der Waals surface area contributed by atoms with Crippen LogP contribution in [-0.4, -0.2) is 18.4 Å². The Morgan fingerprint density at radius 3 is 2.54 bits per heavy atom. The molecular formula is C17H16ClFN2O3. The lowest BCUT2D eigenvalue weighted by Gasteiger charge is -2.08. The topological polar surface area (TPSA) is 67.4 Å². The third-order valence-corrected chi connectivity index (χ3v) is 3.27. The quantitative estimate of drug-likeness (QED) is 0.621. The van der Waals surface area contributed by atoms with Gasteiger partial charge in [0, 0.05) is 17.0 Å². The van der Waals surface area contributed by atoms with Crippen molar-refractivity contribution in [3.63, 3.8) is 0 Å². The number of rotatable bonds is 6. The molecule has 0 aromatic heterocycles. The van der Waals surface area contributed by atoms with E-state index in [4.69, 9.17) is 16.3 Å². The van der Waals surface area contributed by atoms with E-state index in [1.165, 1.54) is 30.3 Å². The van der Waals surface area contributed by atoms with Gasteiger partial charge in [-0.25, -0.2) is 4.39 Å². The molecule has 24 heavy (non-hydrogen) atoms. The third kappa shape index (κ3) is 5.89. The zero-order valence-corrected chi connectivity index (χ0v) is 13.5. The lowest BCUT2D eigenvalue weighted by Crippen LogP contribution is -2.41.